The van der Waals surface area contributed by atoms with Crippen LogP contribution in [0.5, 0.6) is 0 Å². The number of aliphatic hydroxyl groups excluding tert-OH is 1. The molecule has 0 aliphatic heterocycles. The Morgan fingerprint density at radius 2 is 1.91 bits per heavy atom. The van der Waals surface area contributed by atoms with Gasteiger partial charge in [-0.25, -0.2) is 4.39 Å². The van der Waals surface area contributed by atoms with Crippen LogP contribution in [0.4, 0.5) is 4.39 Å². The van der Waals surface area contributed by atoms with Crippen molar-refractivity contribution in [3.05, 3.63) is 35.6 Å². The predicted molar refractivity (Wildman–Crippen MR) is 50.2 cm³/mol. The highest BCUT2D eigenvalue weighted by Crippen LogP contribution is 2.15. The molecule has 0 aliphatic rings. The van der Waals surface area contributed by atoms with Gasteiger partial charge in [-0.05, 0) is 17.7 Å². The van der Waals surface area contributed by atoms with E-state index >= 15 is 0 Å². The highest BCUT2D eigenvalue weighted by molar-refractivity contribution is 14.1. The molecule has 3 heteroatoms. The van der Waals surface area contributed by atoms with Crippen LogP contribution >= 0.6 is 22.6 Å². The highest BCUT2D eigenvalue weighted by atomic mass is 127. The Labute approximate surface area is 78.4 Å². The van der Waals surface area contributed by atoms with Crippen LogP contribution in [0.25, 0.3) is 0 Å². The van der Waals surface area contributed by atoms with E-state index in [2.05, 4.69) is 22.6 Å². The van der Waals surface area contributed by atoms with Gasteiger partial charge in [0, 0.05) is 4.43 Å². The molecule has 1 rings (SSSR count). The minimum Gasteiger partial charge on any atom is -0.388 e. The lowest BCUT2D eigenvalue weighted by Gasteiger charge is -2.05. The SMILES string of the molecule is O[C@@H](CI)c1ccc(F)cc1. The molecule has 1 aromatic carbocycles. The maximum Gasteiger partial charge on any atom is 0.123 e. The fourth-order valence-electron chi connectivity index (χ4n) is 0.774. The maximum atomic E-state index is 12.4. The van der Waals surface area contributed by atoms with E-state index in [0.29, 0.717) is 4.43 Å². The monoisotopic (exact) mass is 266 g/mol. The second kappa shape index (κ2) is 4.01. The molecule has 1 aromatic rings. The Balaban J connectivity index is 2.81. The summed E-state index contributed by atoms with van der Waals surface area (Å²) in [5.74, 6) is -0.269. The van der Waals surface area contributed by atoms with Crippen LogP contribution in [0.15, 0.2) is 24.3 Å². The summed E-state index contributed by atoms with van der Waals surface area (Å²) in [6.45, 7) is 0. The van der Waals surface area contributed by atoms with Crippen molar-refractivity contribution in [3.63, 3.8) is 0 Å². The van der Waals surface area contributed by atoms with Crippen LogP contribution in [0.2, 0.25) is 0 Å². The lowest BCUT2D eigenvalue weighted by Crippen LogP contribution is -1.97. The van der Waals surface area contributed by atoms with Gasteiger partial charge in [0.25, 0.3) is 0 Å². The Hall–Kier alpha value is -0.160. The quantitative estimate of drug-likeness (QED) is 0.643. The molecule has 1 atom stereocenters. The molecule has 0 aromatic heterocycles. The summed E-state index contributed by atoms with van der Waals surface area (Å²) in [4.78, 5) is 0. The number of halogens is 2. The zero-order valence-electron chi connectivity index (χ0n) is 5.80. The van der Waals surface area contributed by atoms with E-state index in [-0.39, 0.29) is 5.82 Å². The van der Waals surface area contributed by atoms with Crippen LogP contribution in [-0.2, 0) is 0 Å². The summed E-state index contributed by atoms with van der Waals surface area (Å²) < 4.78 is 13.0. The molecule has 0 heterocycles. The van der Waals surface area contributed by atoms with E-state index in [1.54, 1.807) is 12.1 Å². The molecule has 0 amide bonds. The van der Waals surface area contributed by atoms with Crippen LogP contribution in [0.3, 0.4) is 0 Å². The molecule has 0 bridgehead atoms. The summed E-state index contributed by atoms with van der Waals surface area (Å²) >= 11 is 2.08. The summed E-state index contributed by atoms with van der Waals surface area (Å²) in [6.07, 6.45) is -0.476. The van der Waals surface area contributed by atoms with E-state index in [1.807, 2.05) is 0 Å². The van der Waals surface area contributed by atoms with E-state index in [0.717, 1.165) is 5.56 Å². The van der Waals surface area contributed by atoms with Crippen LogP contribution < -0.4 is 0 Å². The summed E-state index contributed by atoms with van der Waals surface area (Å²) in [7, 11) is 0. The minimum atomic E-state index is -0.476. The van der Waals surface area contributed by atoms with Crippen molar-refractivity contribution in [2.75, 3.05) is 4.43 Å². The normalized spacial score (nSPS) is 13.0. The standard InChI is InChI=1S/C8H8FIO/c9-7-3-1-6(2-4-7)8(11)5-10/h1-4,8,11H,5H2/t8-/m0/s1. The molecule has 0 saturated heterocycles. The van der Waals surface area contributed by atoms with Gasteiger partial charge < -0.3 is 5.11 Å². The second-order valence-corrected chi connectivity index (χ2v) is 3.10. The fourth-order valence-corrected chi connectivity index (χ4v) is 1.28. The topological polar surface area (TPSA) is 20.2 Å². The summed E-state index contributed by atoms with van der Waals surface area (Å²) in [6, 6.07) is 5.90. The van der Waals surface area contributed by atoms with Crippen LogP contribution in [0, 0.1) is 5.82 Å². The largest absolute Gasteiger partial charge is 0.388 e. The van der Waals surface area contributed by atoms with Gasteiger partial charge in [0.1, 0.15) is 5.82 Å². The van der Waals surface area contributed by atoms with Crippen molar-refractivity contribution in [1.29, 1.82) is 0 Å². The van der Waals surface area contributed by atoms with E-state index in [1.165, 1.54) is 12.1 Å². The van der Waals surface area contributed by atoms with Gasteiger partial charge in [0.05, 0.1) is 6.10 Å². The third-order valence-electron chi connectivity index (χ3n) is 1.40. The fraction of sp³-hybridized carbons (Fsp3) is 0.250. The lowest BCUT2D eigenvalue weighted by atomic mass is 10.1. The van der Waals surface area contributed by atoms with Crippen molar-refractivity contribution < 1.29 is 9.50 Å². The second-order valence-electron chi connectivity index (χ2n) is 2.22. The maximum absolute atomic E-state index is 12.4. The van der Waals surface area contributed by atoms with E-state index in [4.69, 9.17) is 0 Å². The Morgan fingerprint density at radius 3 is 2.36 bits per heavy atom. The Bertz CT molecular complexity index is 222. The van der Waals surface area contributed by atoms with Crippen LogP contribution in [-0.4, -0.2) is 9.53 Å². The van der Waals surface area contributed by atoms with Gasteiger partial charge in [-0.2, -0.15) is 0 Å². The highest BCUT2D eigenvalue weighted by Gasteiger charge is 2.03. The Kier molecular flexibility index (Phi) is 3.26. The molecule has 0 fully saturated rings. The third-order valence-corrected chi connectivity index (χ3v) is 2.24. The van der Waals surface area contributed by atoms with Gasteiger partial charge in [-0.3, -0.25) is 0 Å². The van der Waals surface area contributed by atoms with E-state index in [9.17, 15) is 9.50 Å². The average Bonchev–Trinajstić information content (AvgIpc) is 2.05. The van der Waals surface area contributed by atoms with E-state index < -0.39 is 6.10 Å². The third kappa shape index (κ3) is 2.41. The minimum absolute atomic E-state index is 0.269. The smallest absolute Gasteiger partial charge is 0.123 e. The van der Waals surface area contributed by atoms with Gasteiger partial charge in [0.15, 0.2) is 0 Å². The molecular formula is C8H8FIO. The first-order valence-corrected chi connectivity index (χ1v) is 4.76. The zero-order chi connectivity index (χ0) is 8.27. The van der Waals surface area contributed by atoms with Gasteiger partial charge >= 0.3 is 0 Å². The van der Waals surface area contributed by atoms with Crippen molar-refractivity contribution in [1.82, 2.24) is 0 Å². The average molecular weight is 266 g/mol. The predicted octanol–water partition coefficient (Wildman–Crippen LogP) is 2.29. The molecular weight excluding hydrogens is 258 g/mol. The molecule has 1 N–H and O–H groups in total. The van der Waals surface area contributed by atoms with Gasteiger partial charge in [-0.15, -0.1) is 0 Å². The molecule has 0 unspecified atom stereocenters. The first-order valence-electron chi connectivity index (χ1n) is 3.23. The van der Waals surface area contributed by atoms with Crippen molar-refractivity contribution in [2.24, 2.45) is 0 Å². The Morgan fingerprint density at radius 1 is 1.36 bits per heavy atom. The van der Waals surface area contributed by atoms with Crippen LogP contribution in [0.1, 0.15) is 11.7 Å². The number of alkyl halides is 1. The number of hydrogen-bond acceptors (Lipinski definition) is 1. The van der Waals surface area contributed by atoms with Gasteiger partial charge in [-0.1, -0.05) is 34.7 Å². The molecule has 1 nitrogen and oxygen atoms in total. The summed E-state index contributed by atoms with van der Waals surface area (Å²) in [5.41, 5.74) is 0.765. The molecule has 0 radical (unpaired) electrons. The number of rotatable bonds is 2. The molecule has 0 aliphatic carbocycles. The number of aliphatic hydroxyl groups is 1. The molecule has 60 valence electrons. The van der Waals surface area contributed by atoms with Crippen molar-refractivity contribution in [2.45, 2.75) is 6.10 Å². The number of hydrogen-bond donors (Lipinski definition) is 1. The van der Waals surface area contributed by atoms with Crippen molar-refractivity contribution in [3.8, 4) is 0 Å². The molecule has 0 saturated carbocycles. The van der Waals surface area contributed by atoms with Crippen molar-refractivity contribution >= 4 is 22.6 Å². The first-order chi connectivity index (χ1) is 5.24. The molecule has 0 spiro atoms. The lowest BCUT2D eigenvalue weighted by molar-refractivity contribution is 0.207. The van der Waals surface area contributed by atoms with Gasteiger partial charge in [0.2, 0.25) is 0 Å². The molecule has 11 heavy (non-hydrogen) atoms. The summed E-state index contributed by atoms with van der Waals surface area (Å²) in [5, 5.41) is 9.29. The zero-order valence-corrected chi connectivity index (χ0v) is 7.95. The number of benzene rings is 1. The first kappa shape index (κ1) is 8.93.